The minimum absolute atomic E-state index is 0.0246. The molecular formula is C15H12F2N2O2S. The van der Waals surface area contributed by atoms with Gasteiger partial charge in [-0.25, -0.2) is 17.2 Å². The normalized spacial score (nSPS) is 11.4. The zero-order chi connectivity index (χ0) is 16.3. The average molecular weight is 322 g/mol. The minimum atomic E-state index is -3.78. The number of nitrogens with zero attached hydrogens (tertiary/aromatic N) is 2. The summed E-state index contributed by atoms with van der Waals surface area (Å²) in [5.74, 6) is -2.01. The van der Waals surface area contributed by atoms with Gasteiger partial charge in [-0.05, 0) is 42.0 Å². The molecule has 2 aromatic rings. The third kappa shape index (κ3) is 3.30. The summed E-state index contributed by atoms with van der Waals surface area (Å²) in [6, 6.07) is 10.6. The van der Waals surface area contributed by atoms with Gasteiger partial charge in [-0.15, -0.1) is 0 Å². The predicted molar refractivity (Wildman–Crippen MR) is 76.2 cm³/mol. The Kier molecular flexibility index (Phi) is 4.54. The van der Waals surface area contributed by atoms with Gasteiger partial charge in [-0.3, -0.25) is 0 Å². The highest BCUT2D eigenvalue weighted by molar-refractivity contribution is 7.89. The largest absolute Gasteiger partial charge is 0.243 e. The predicted octanol–water partition coefficient (Wildman–Crippen LogP) is 2.66. The first kappa shape index (κ1) is 16.1. The van der Waals surface area contributed by atoms with Crippen LogP contribution in [-0.2, 0) is 16.6 Å². The molecule has 0 saturated heterocycles. The Hall–Kier alpha value is -2.30. The van der Waals surface area contributed by atoms with Crippen molar-refractivity contribution in [2.24, 2.45) is 0 Å². The molecule has 0 heterocycles. The van der Waals surface area contributed by atoms with E-state index in [2.05, 4.69) is 0 Å². The Labute approximate surface area is 127 Å². The first-order valence-corrected chi connectivity index (χ1v) is 7.69. The van der Waals surface area contributed by atoms with Gasteiger partial charge in [-0.1, -0.05) is 6.07 Å². The summed E-state index contributed by atoms with van der Waals surface area (Å²) in [5.41, 5.74) is 0.681. The van der Waals surface area contributed by atoms with E-state index < -0.39 is 21.7 Å². The first-order valence-electron chi connectivity index (χ1n) is 6.25. The second kappa shape index (κ2) is 6.22. The summed E-state index contributed by atoms with van der Waals surface area (Å²) in [6.07, 6.45) is 0. The maximum absolute atomic E-state index is 13.2. The fourth-order valence-corrected chi connectivity index (χ4v) is 3.02. The number of benzene rings is 2. The fraction of sp³-hybridized carbons (Fsp3) is 0.133. The molecule has 0 N–H and O–H groups in total. The third-order valence-electron chi connectivity index (χ3n) is 3.08. The van der Waals surface area contributed by atoms with E-state index >= 15 is 0 Å². The lowest BCUT2D eigenvalue weighted by molar-refractivity contribution is 0.462. The molecule has 0 amide bonds. The van der Waals surface area contributed by atoms with Crippen LogP contribution in [0.1, 0.15) is 11.1 Å². The van der Waals surface area contributed by atoms with E-state index in [0.29, 0.717) is 11.1 Å². The molecule has 0 unspecified atom stereocenters. The van der Waals surface area contributed by atoms with Gasteiger partial charge >= 0.3 is 0 Å². The number of halogens is 2. The van der Waals surface area contributed by atoms with E-state index in [9.17, 15) is 17.2 Å². The molecule has 0 aliphatic carbocycles. The topological polar surface area (TPSA) is 61.2 Å². The smallest absolute Gasteiger partial charge is 0.207 e. The quantitative estimate of drug-likeness (QED) is 0.869. The van der Waals surface area contributed by atoms with Gasteiger partial charge in [0, 0.05) is 13.6 Å². The fourth-order valence-electron chi connectivity index (χ4n) is 1.86. The summed E-state index contributed by atoms with van der Waals surface area (Å²) in [7, 11) is -2.44. The van der Waals surface area contributed by atoms with Crippen LogP contribution in [-0.4, -0.2) is 19.8 Å². The van der Waals surface area contributed by atoms with Crippen LogP contribution in [0.4, 0.5) is 8.78 Å². The second-order valence-corrected chi connectivity index (χ2v) is 6.69. The molecule has 7 heteroatoms. The van der Waals surface area contributed by atoms with Crippen molar-refractivity contribution < 1.29 is 17.2 Å². The second-order valence-electron chi connectivity index (χ2n) is 4.65. The molecule has 4 nitrogen and oxygen atoms in total. The Morgan fingerprint density at radius 2 is 1.73 bits per heavy atom. The van der Waals surface area contributed by atoms with Gasteiger partial charge in [0.05, 0.1) is 16.5 Å². The van der Waals surface area contributed by atoms with E-state index in [1.165, 1.54) is 37.4 Å². The standard InChI is InChI=1S/C15H12F2N2O2S/c1-19(10-12-4-7-14(16)15(17)8-12)22(20,21)13-5-2-11(9-18)3-6-13/h2-8H,10H2,1H3. The average Bonchev–Trinajstić information content (AvgIpc) is 2.51. The van der Waals surface area contributed by atoms with Crippen molar-refractivity contribution >= 4 is 10.0 Å². The molecule has 114 valence electrons. The number of nitriles is 1. The molecule has 0 aromatic heterocycles. The molecule has 0 radical (unpaired) electrons. The maximum atomic E-state index is 13.2. The van der Waals surface area contributed by atoms with Crippen LogP contribution >= 0.6 is 0 Å². The third-order valence-corrected chi connectivity index (χ3v) is 4.90. The Bertz CT molecular complexity index is 828. The number of hydrogen-bond acceptors (Lipinski definition) is 3. The SMILES string of the molecule is CN(Cc1ccc(F)c(F)c1)S(=O)(=O)c1ccc(C#N)cc1. The molecule has 0 aliphatic rings. The highest BCUT2D eigenvalue weighted by atomic mass is 32.2. The van der Waals surface area contributed by atoms with Gasteiger partial charge in [0.15, 0.2) is 11.6 Å². The highest BCUT2D eigenvalue weighted by Gasteiger charge is 2.21. The van der Waals surface area contributed by atoms with E-state index in [0.717, 1.165) is 16.4 Å². The van der Waals surface area contributed by atoms with Crippen LogP contribution in [0.2, 0.25) is 0 Å². The van der Waals surface area contributed by atoms with Crippen LogP contribution in [0, 0.1) is 23.0 Å². The molecular weight excluding hydrogens is 310 g/mol. The summed E-state index contributed by atoms with van der Waals surface area (Å²) < 4.78 is 51.8. The molecule has 2 aromatic carbocycles. The number of rotatable bonds is 4. The van der Waals surface area contributed by atoms with Crippen molar-refractivity contribution in [3.05, 3.63) is 65.2 Å². The summed E-state index contributed by atoms with van der Waals surface area (Å²) >= 11 is 0. The zero-order valence-corrected chi connectivity index (χ0v) is 12.4. The van der Waals surface area contributed by atoms with Crippen molar-refractivity contribution in [1.82, 2.24) is 4.31 Å². The number of sulfonamides is 1. The lowest BCUT2D eigenvalue weighted by Crippen LogP contribution is -2.26. The molecule has 0 fully saturated rings. The molecule has 2 rings (SSSR count). The van der Waals surface area contributed by atoms with Crippen LogP contribution in [0.25, 0.3) is 0 Å². The summed E-state index contributed by atoms with van der Waals surface area (Å²) in [4.78, 5) is 0.0246. The van der Waals surface area contributed by atoms with E-state index in [1.54, 1.807) is 0 Å². The van der Waals surface area contributed by atoms with Gasteiger partial charge in [-0.2, -0.15) is 9.57 Å². The van der Waals surface area contributed by atoms with Crippen LogP contribution in [0.15, 0.2) is 47.4 Å². The molecule has 0 saturated carbocycles. The van der Waals surface area contributed by atoms with Gasteiger partial charge in [0.25, 0.3) is 0 Å². The Balaban J connectivity index is 2.24. The monoisotopic (exact) mass is 322 g/mol. The van der Waals surface area contributed by atoms with Gasteiger partial charge in [0.2, 0.25) is 10.0 Å². The molecule has 0 spiro atoms. The van der Waals surface area contributed by atoms with Gasteiger partial charge in [0.1, 0.15) is 0 Å². The molecule has 0 atom stereocenters. The van der Waals surface area contributed by atoms with Crippen molar-refractivity contribution in [1.29, 1.82) is 5.26 Å². The minimum Gasteiger partial charge on any atom is -0.207 e. The van der Waals surface area contributed by atoms with Crippen molar-refractivity contribution in [2.45, 2.75) is 11.4 Å². The molecule has 0 aliphatic heterocycles. The highest BCUT2D eigenvalue weighted by Crippen LogP contribution is 2.18. The summed E-state index contributed by atoms with van der Waals surface area (Å²) in [6.45, 7) is -0.0977. The Morgan fingerprint density at radius 1 is 1.09 bits per heavy atom. The zero-order valence-electron chi connectivity index (χ0n) is 11.6. The lowest BCUT2D eigenvalue weighted by atomic mass is 10.2. The lowest BCUT2D eigenvalue weighted by Gasteiger charge is -2.17. The van der Waals surface area contributed by atoms with Crippen molar-refractivity contribution in [2.75, 3.05) is 7.05 Å². The maximum Gasteiger partial charge on any atom is 0.243 e. The van der Waals surface area contributed by atoms with Crippen molar-refractivity contribution in [3.63, 3.8) is 0 Å². The van der Waals surface area contributed by atoms with E-state index in [-0.39, 0.29) is 11.4 Å². The van der Waals surface area contributed by atoms with Crippen LogP contribution < -0.4 is 0 Å². The van der Waals surface area contributed by atoms with Crippen LogP contribution in [0.3, 0.4) is 0 Å². The van der Waals surface area contributed by atoms with Gasteiger partial charge < -0.3 is 0 Å². The summed E-state index contributed by atoms with van der Waals surface area (Å²) in [5, 5.41) is 8.71. The van der Waals surface area contributed by atoms with E-state index in [1.807, 2.05) is 6.07 Å². The Morgan fingerprint density at radius 3 is 2.27 bits per heavy atom. The van der Waals surface area contributed by atoms with Crippen LogP contribution in [0.5, 0.6) is 0 Å². The number of hydrogen-bond donors (Lipinski definition) is 0. The first-order chi connectivity index (χ1) is 10.3. The molecule has 22 heavy (non-hydrogen) atoms. The van der Waals surface area contributed by atoms with Crippen molar-refractivity contribution in [3.8, 4) is 6.07 Å². The molecule has 0 bridgehead atoms. The van der Waals surface area contributed by atoms with E-state index in [4.69, 9.17) is 5.26 Å².